The molecule has 2 rings (SSSR count). The molecule has 0 unspecified atom stereocenters. The smallest absolute Gasteiger partial charge is 0.211 e. The van der Waals surface area contributed by atoms with Crippen LogP contribution in [0, 0.1) is 6.92 Å². The molecule has 1 N–H and O–H groups in total. The molecule has 0 aliphatic carbocycles. The van der Waals surface area contributed by atoms with Crippen molar-refractivity contribution < 1.29 is 8.42 Å². The minimum Gasteiger partial charge on any atom is -0.211 e. The second-order valence-electron chi connectivity index (χ2n) is 4.19. The molecule has 6 heteroatoms. The summed E-state index contributed by atoms with van der Waals surface area (Å²) in [6, 6.07) is 6.73. The van der Waals surface area contributed by atoms with Gasteiger partial charge >= 0.3 is 0 Å². The van der Waals surface area contributed by atoms with Gasteiger partial charge in [-0.1, -0.05) is 17.7 Å². The van der Waals surface area contributed by atoms with Gasteiger partial charge in [0.05, 0.1) is 4.90 Å². The van der Waals surface area contributed by atoms with Gasteiger partial charge in [-0.25, -0.2) is 13.1 Å². The molecule has 0 amide bonds. The van der Waals surface area contributed by atoms with Crippen LogP contribution in [0.1, 0.15) is 11.1 Å². The van der Waals surface area contributed by atoms with Crippen LogP contribution < -0.4 is 4.72 Å². The summed E-state index contributed by atoms with van der Waals surface area (Å²) in [7, 11) is -3.48. The Labute approximate surface area is 122 Å². The monoisotopic (exact) mass is 315 g/mol. The standard InChI is InChI=1S/C13H14ClNO2S2/c1-10-2-3-12(8-13(10)14)19(16,17)15-6-4-11-5-7-18-9-11/h2-3,5,7-9,15H,4,6H2,1H3. The van der Waals surface area contributed by atoms with E-state index in [1.807, 2.05) is 23.8 Å². The third-order valence-corrected chi connectivity index (χ3v) is 5.34. The van der Waals surface area contributed by atoms with Crippen molar-refractivity contribution in [2.24, 2.45) is 0 Å². The predicted octanol–water partition coefficient (Wildman–Crippen LogP) is 3.23. The molecule has 1 aromatic heterocycles. The Morgan fingerprint density at radius 1 is 1.32 bits per heavy atom. The summed E-state index contributed by atoms with van der Waals surface area (Å²) in [5.74, 6) is 0. The third-order valence-electron chi connectivity index (χ3n) is 2.74. The van der Waals surface area contributed by atoms with E-state index in [1.54, 1.807) is 23.5 Å². The molecular formula is C13H14ClNO2S2. The van der Waals surface area contributed by atoms with Crippen LogP contribution in [0.15, 0.2) is 39.9 Å². The van der Waals surface area contributed by atoms with Crippen molar-refractivity contribution in [1.29, 1.82) is 0 Å². The van der Waals surface area contributed by atoms with Gasteiger partial charge in [0.15, 0.2) is 0 Å². The lowest BCUT2D eigenvalue weighted by atomic mass is 10.2. The highest BCUT2D eigenvalue weighted by Crippen LogP contribution is 2.19. The number of rotatable bonds is 5. The van der Waals surface area contributed by atoms with Crippen molar-refractivity contribution >= 4 is 33.0 Å². The molecule has 0 aliphatic heterocycles. The van der Waals surface area contributed by atoms with Crippen LogP contribution in [-0.2, 0) is 16.4 Å². The number of benzene rings is 1. The summed E-state index contributed by atoms with van der Waals surface area (Å²) in [6.45, 7) is 2.22. The van der Waals surface area contributed by atoms with Crippen LogP contribution >= 0.6 is 22.9 Å². The van der Waals surface area contributed by atoms with E-state index in [0.717, 1.165) is 11.1 Å². The van der Waals surface area contributed by atoms with E-state index in [2.05, 4.69) is 4.72 Å². The van der Waals surface area contributed by atoms with Gasteiger partial charge in [-0.05, 0) is 53.4 Å². The van der Waals surface area contributed by atoms with Gasteiger partial charge < -0.3 is 0 Å². The van der Waals surface area contributed by atoms with Gasteiger partial charge in [-0.2, -0.15) is 11.3 Å². The maximum absolute atomic E-state index is 12.1. The van der Waals surface area contributed by atoms with Gasteiger partial charge in [-0.15, -0.1) is 0 Å². The SMILES string of the molecule is Cc1ccc(S(=O)(=O)NCCc2ccsc2)cc1Cl. The molecule has 19 heavy (non-hydrogen) atoms. The first-order valence-corrected chi connectivity index (χ1v) is 8.56. The van der Waals surface area contributed by atoms with E-state index < -0.39 is 10.0 Å². The Bertz CT molecular complexity index is 651. The van der Waals surface area contributed by atoms with E-state index in [1.165, 1.54) is 6.07 Å². The molecule has 2 aromatic rings. The summed E-state index contributed by atoms with van der Waals surface area (Å²) in [5, 5.41) is 4.45. The summed E-state index contributed by atoms with van der Waals surface area (Å²) >= 11 is 7.55. The fraction of sp³-hybridized carbons (Fsp3) is 0.231. The molecule has 1 heterocycles. The lowest BCUT2D eigenvalue weighted by molar-refractivity contribution is 0.581. The summed E-state index contributed by atoms with van der Waals surface area (Å²) < 4.78 is 26.7. The second-order valence-corrected chi connectivity index (χ2v) is 7.14. The number of hydrogen-bond donors (Lipinski definition) is 1. The second kappa shape index (κ2) is 6.05. The van der Waals surface area contributed by atoms with E-state index in [0.29, 0.717) is 18.0 Å². The molecule has 0 saturated carbocycles. The number of halogens is 1. The van der Waals surface area contributed by atoms with Crippen molar-refractivity contribution in [3.05, 3.63) is 51.2 Å². The maximum Gasteiger partial charge on any atom is 0.240 e. The number of nitrogens with one attached hydrogen (secondary N) is 1. The number of thiophene rings is 1. The van der Waals surface area contributed by atoms with Crippen molar-refractivity contribution in [3.63, 3.8) is 0 Å². The quantitative estimate of drug-likeness (QED) is 0.920. The first kappa shape index (κ1) is 14.5. The van der Waals surface area contributed by atoms with Crippen molar-refractivity contribution in [2.45, 2.75) is 18.2 Å². The average molecular weight is 316 g/mol. The molecule has 3 nitrogen and oxygen atoms in total. The van der Waals surface area contributed by atoms with Gasteiger partial charge in [0.2, 0.25) is 10.0 Å². The zero-order valence-electron chi connectivity index (χ0n) is 10.4. The fourth-order valence-electron chi connectivity index (χ4n) is 1.59. The van der Waals surface area contributed by atoms with Crippen LogP contribution in [0.4, 0.5) is 0 Å². The minimum atomic E-state index is -3.48. The molecule has 1 aromatic carbocycles. The topological polar surface area (TPSA) is 46.2 Å². The highest BCUT2D eigenvalue weighted by atomic mass is 35.5. The Balaban J connectivity index is 2.03. The van der Waals surface area contributed by atoms with Gasteiger partial charge in [0.25, 0.3) is 0 Å². The number of sulfonamides is 1. The molecule has 0 fully saturated rings. The third kappa shape index (κ3) is 3.79. The maximum atomic E-state index is 12.1. The minimum absolute atomic E-state index is 0.202. The fourth-order valence-corrected chi connectivity index (χ4v) is 3.59. The first-order chi connectivity index (χ1) is 8.99. The Morgan fingerprint density at radius 2 is 2.11 bits per heavy atom. The predicted molar refractivity (Wildman–Crippen MR) is 79.4 cm³/mol. The van der Waals surface area contributed by atoms with Crippen molar-refractivity contribution in [2.75, 3.05) is 6.54 Å². The highest BCUT2D eigenvalue weighted by molar-refractivity contribution is 7.89. The summed E-state index contributed by atoms with van der Waals surface area (Å²) in [6.07, 6.45) is 0.683. The van der Waals surface area contributed by atoms with Crippen molar-refractivity contribution in [3.8, 4) is 0 Å². The number of aryl methyl sites for hydroxylation is 1. The molecular weight excluding hydrogens is 302 g/mol. The average Bonchev–Trinajstić information content (AvgIpc) is 2.85. The van der Waals surface area contributed by atoms with Crippen LogP contribution in [-0.4, -0.2) is 15.0 Å². The molecule has 102 valence electrons. The lowest BCUT2D eigenvalue weighted by Crippen LogP contribution is -2.25. The molecule has 0 atom stereocenters. The van der Waals surface area contributed by atoms with Crippen molar-refractivity contribution in [1.82, 2.24) is 4.72 Å². The highest BCUT2D eigenvalue weighted by Gasteiger charge is 2.14. The number of hydrogen-bond acceptors (Lipinski definition) is 3. The van der Waals surface area contributed by atoms with Crippen LogP contribution in [0.25, 0.3) is 0 Å². The zero-order valence-corrected chi connectivity index (χ0v) is 12.8. The molecule has 0 radical (unpaired) electrons. The zero-order chi connectivity index (χ0) is 13.9. The van der Waals surface area contributed by atoms with Gasteiger partial charge in [-0.3, -0.25) is 0 Å². The van der Waals surface area contributed by atoms with Crippen LogP contribution in [0.3, 0.4) is 0 Å². The van der Waals surface area contributed by atoms with Crippen LogP contribution in [0.5, 0.6) is 0 Å². The molecule has 0 spiro atoms. The largest absolute Gasteiger partial charge is 0.240 e. The molecule has 0 bridgehead atoms. The summed E-state index contributed by atoms with van der Waals surface area (Å²) in [5.41, 5.74) is 1.99. The lowest BCUT2D eigenvalue weighted by Gasteiger charge is -2.07. The van der Waals surface area contributed by atoms with E-state index in [9.17, 15) is 8.42 Å². The molecule has 0 aliphatic rings. The normalized spacial score (nSPS) is 11.7. The summed E-state index contributed by atoms with van der Waals surface area (Å²) in [4.78, 5) is 0.202. The van der Waals surface area contributed by atoms with E-state index in [4.69, 9.17) is 11.6 Å². The Morgan fingerprint density at radius 3 is 2.74 bits per heavy atom. The first-order valence-electron chi connectivity index (χ1n) is 5.76. The van der Waals surface area contributed by atoms with E-state index >= 15 is 0 Å². The Kier molecular flexibility index (Phi) is 4.62. The van der Waals surface area contributed by atoms with Crippen LogP contribution in [0.2, 0.25) is 5.02 Å². The van der Waals surface area contributed by atoms with E-state index in [-0.39, 0.29) is 4.90 Å². The van der Waals surface area contributed by atoms with Gasteiger partial charge in [0.1, 0.15) is 0 Å². The van der Waals surface area contributed by atoms with Gasteiger partial charge in [0, 0.05) is 11.6 Å². The Hall–Kier alpha value is -0.880. The molecule has 0 saturated heterocycles.